The van der Waals surface area contributed by atoms with Crippen molar-refractivity contribution in [1.82, 2.24) is 4.57 Å². The second-order valence-corrected chi connectivity index (χ2v) is 7.58. The number of hydrogen-bond acceptors (Lipinski definition) is 1. The molecule has 1 aromatic heterocycles. The van der Waals surface area contributed by atoms with E-state index in [1.165, 1.54) is 81.1 Å². The molecule has 2 aromatic rings. The summed E-state index contributed by atoms with van der Waals surface area (Å²) in [5, 5.41) is 0. The number of aromatic nitrogens is 2. The minimum atomic E-state index is 0.633. The average molecular weight is 372 g/mol. The summed E-state index contributed by atoms with van der Waals surface area (Å²) in [6.45, 7) is 10.6. The number of benzene rings is 1. The first-order valence-corrected chi connectivity index (χ1v) is 11.0. The molecule has 1 aromatic carbocycles. The molecule has 0 bridgehead atoms. The van der Waals surface area contributed by atoms with Crippen molar-refractivity contribution < 1.29 is 9.30 Å². The van der Waals surface area contributed by atoms with Crippen molar-refractivity contribution in [1.29, 1.82) is 0 Å². The summed E-state index contributed by atoms with van der Waals surface area (Å²) in [5.41, 5.74) is 2.48. The third-order valence-corrected chi connectivity index (χ3v) is 5.42. The summed E-state index contributed by atoms with van der Waals surface area (Å²) in [6.07, 6.45) is 15.6. The van der Waals surface area contributed by atoms with Crippen LogP contribution in [0.2, 0.25) is 0 Å². The molecule has 0 N–H and O–H groups in total. The number of ether oxygens (including phenoxy) is 1. The molecule has 0 atom stereocenters. The first-order valence-electron chi connectivity index (χ1n) is 11.0. The molecule has 0 saturated carbocycles. The van der Waals surface area contributed by atoms with Crippen LogP contribution >= 0.6 is 0 Å². The van der Waals surface area contributed by atoms with Crippen molar-refractivity contribution >= 4 is 11.0 Å². The number of unbranched alkanes of at least 4 members (excludes halogenated alkanes) is 9. The van der Waals surface area contributed by atoms with Gasteiger partial charge < -0.3 is 4.74 Å². The molecule has 0 spiro atoms. The normalized spacial score (nSPS) is 11.3. The van der Waals surface area contributed by atoms with Crippen LogP contribution in [0.1, 0.15) is 77.0 Å². The van der Waals surface area contributed by atoms with Gasteiger partial charge in [-0.15, -0.1) is 0 Å². The number of allylic oxidation sites excluding steroid dienone is 1. The fourth-order valence-electron chi connectivity index (χ4n) is 3.78. The fraction of sp³-hybridized carbons (Fsp3) is 0.625. The Hall–Kier alpha value is -1.61. The van der Waals surface area contributed by atoms with Crippen LogP contribution < -0.4 is 4.57 Å². The van der Waals surface area contributed by atoms with Crippen LogP contribution in [0, 0.1) is 6.92 Å². The summed E-state index contributed by atoms with van der Waals surface area (Å²) in [5.74, 6) is 1.22. The molecule has 0 radical (unpaired) electrons. The van der Waals surface area contributed by atoms with Crippen molar-refractivity contribution in [2.24, 2.45) is 0 Å². The van der Waals surface area contributed by atoms with Crippen LogP contribution in [0.25, 0.3) is 11.0 Å². The molecular weight excluding hydrogens is 332 g/mol. The Bertz CT molecular complexity index is 674. The summed E-state index contributed by atoms with van der Waals surface area (Å²) < 4.78 is 10.6. The van der Waals surface area contributed by atoms with E-state index in [4.69, 9.17) is 4.74 Å². The zero-order valence-electron chi connectivity index (χ0n) is 17.6. The van der Waals surface area contributed by atoms with E-state index in [0.29, 0.717) is 6.73 Å². The number of hydrogen-bond donors (Lipinski definition) is 0. The highest BCUT2D eigenvalue weighted by Crippen LogP contribution is 2.14. The molecule has 150 valence electrons. The molecule has 0 aliphatic carbocycles. The molecular formula is C24H39N2O+. The third-order valence-electron chi connectivity index (χ3n) is 5.42. The maximum absolute atomic E-state index is 6.00. The predicted octanol–water partition coefficient (Wildman–Crippen LogP) is 6.32. The van der Waals surface area contributed by atoms with Crippen LogP contribution in [0.15, 0.2) is 36.9 Å². The Morgan fingerprint density at radius 3 is 2.26 bits per heavy atom. The topological polar surface area (TPSA) is 18.0 Å². The monoisotopic (exact) mass is 371 g/mol. The van der Waals surface area contributed by atoms with Gasteiger partial charge in [0.05, 0.1) is 6.61 Å². The number of imidazole rings is 1. The zero-order chi connectivity index (χ0) is 19.3. The van der Waals surface area contributed by atoms with Gasteiger partial charge in [0.1, 0.15) is 6.54 Å². The molecule has 0 unspecified atom stereocenters. The smallest absolute Gasteiger partial charge is 0.256 e. The highest BCUT2D eigenvalue weighted by atomic mass is 16.5. The summed E-state index contributed by atoms with van der Waals surface area (Å²) in [4.78, 5) is 0. The van der Waals surface area contributed by atoms with Crippen LogP contribution in [0.5, 0.6) is 0 Å². The lowest BCUT2D eigenvalue weighted by atomic mass is 10.1. The first-order chi connectivity index (χ1) is 13.3. The lowest BCUT2D eigenvalue weighted by Crippen LogP contribution is -2.38. The van der Waals surface area contributed by atoms with Crippen molar-refractivity contribution in [3.8, 4) is 0 Å². The number of rotatable bonds is 15. The molecule has 3 heteroatoms. The molecule has 27 heavy (non-hydrogen) atoms. The zero-order valence-corrected chi connectivity index (χ0v) is 17.6. The third kappa shape index (κ3) is 6.80. The van der Waals surface area contributed by atoms with Crippen molar-refractivity contribution in [2.75, 3.05) is 6.61 Å². The van der Waals surface area contributed by atoms with Crippen LogP contribution in [0.4, 0.5) is 0 Å². The van der Waals surface area contributed by atoms with Gasteiger partial charge in [-0.05, 0) is 18.6 Å². The lowest BCUT2D eigenvalue weighted by Gasteiger charge is -2.04. The number of para-hydroxylation sites is 2. The minimum Gasteiger partial charge on any atom is -0.342 e. The summed E-state index contributed by atoms with van der Waals surface area (Å²) in [7, 11) is 0. The van der Waals surface area contributed by atoms with E-state index >= 15 is 0 Å². The van der Waals surface area contributed by atoms with Gasteiger partial charge in [-0.2, -0.15) is 0 Å². The molecule has 3 nitrogen and oxygen atoms in total. The molecule has 0 aliphatic heterocycles. The average Bonchev–Trinajstić information content (AvgIpc) is 2.95. The van der Waals surface area contributed by atoms with Gasteiger partial charge in [-0.25, -0.2) is 9.13 Å². The first kappa shape index (κ1) is 21.7. The SMILES string of the molecule is C=CCn1c(C)[n+](COCCCCCCCCCCCC)c2ccccc21. The largest absolute Gasteiger partial charge is 0.342 e. The molecule has 0 aliphatic rings. The summed E-state index contributed by atoms with van der Waals surface area (Å²) in [6, 6.07) is 8.53. The minimum absolute atomic E-state index is 0.633. The van der Waals surface area contributed by atoms with Crippen LogP contribution in [-0.2, 0) is 18.0 Å². The Kier molecular flexibility index (Phi) is 10.2. The van der Waals surface area contributed by atoms with E-state index in [9.17, 15) is 0 Å². The predicted molar refractivity (Wildman–Crippen MR) is 115 cm³/mol. The lowest BCUT2D eigenvalue weighted by molar-refractivity contribution is -0.715. The second kappa shape index (κ2) is 12.7. The second-order valence-electron chi connectivity index (χ2n) is 7.58. The van der Waals surface area contributed by atoms with Gasteiger partial charge in [-0.3, -0.25) is 0 Å². The van der Waals surface area contributed by atoms with Gasteiger partial charge in [0, 0.05) is 6.92 Å². The number of fused-ring (bicyclic) bond motifs is 1. The van der Waals surface area contributed by atoms with Gasteiger partial charge in [-0.1, -0.05) is 89.5 Å². The van der Waals surface area contributed by atoms with Crippen molar-refractivity contribution in [3.63, 3.8) is 0 Å². The fourth-order valence-corrected chi connectivity index (χ4v) is 3.78. The number of nitrogens with zero attached hydrogens (tertiary/aromatic N) is 2. The van der Waals surface area contributed by atoms with E-state index in [1.54, 1.807) is 0 Å². The van der Waals surface area contributed by atoms with E-state index in [1.807, 2.05) is 6.08 Å². The maximum Gasteiger partial charge on any atom is 0.256 e. The Balaban J connectivity index is 1.65. The van der Waals surface area contributed by atoms with Gasteiger partial charge in [0.15, 0.2) is 17.8 Å². The van der Waals surface area contributed by atoms with E-state index in [2.05, 4.69) is 53.8 Å². The standard InChI is InChI=1S/C24H39N2O/c1-4-6-7-8-9-10-11-12-13-16-20-27-21-26-22(3)25(19-5-2)23-17-14-15-18-24(23)26/h5,14-15,17-18H,2,4,6-13,16,19-21H2,1,3H3/q+1. The van der Waals surface area contributed by atoms with Gasteiger partial charge in [0.2, 0.25) is 0 Å². The van der Waals surface area contributed by atoms with Crippen molar-refractivity contribution in [3.05, 3.63) is 42.7 Å². The Morgan fingerprint density at radius 1 is 0.963 bits per heavy atom. The molecule has 2 rings (SSSR count). The Morgan fingerprint density at radius 2 is 1.59 bits per heavy atom. The molecule has 1 heterocycles. The Labute approximate surface area is 166 Å². The van der Waals surface area contributed by atoms with Gasteiger partial charge >= 0.3 is 0 Å². The van der Waals surface area contributed by atoms with Gasteiger partial charge in [0.25, 0.3) is 5.82 Å². The van der Waals surface area contributed by atoms with Crippen LogP contribution in [-0.4, -0.2) is 11.2 Å². The molecule has 0 fully saturated rings. The van der Waals surface area contributed by atoms with E-state index < -0.39 is 0 Å². The van der Waals surface area contributed by atoms with Crippen LogP contribution in [0.3, 0.4) is 0 Å². The molecule has 0 amide bonds. The van der Waals surface area contributed by atoms with E-state index in [0.717, 1.165) is 13.2 Å². The maximum atomic E-state index is 6.00. The highest BCUT2D eigenvalue weighted by molar-refractivity contribution is 5.72. The quantitative estimate of drug-likeness (QED) is 0.203. The molecule has 0 saturated heterocycles. The highest BCUT2D eigenvalue weighted by Gasteiger charge is 2.20. The van der Waals surface area contributed by atoms with Crippen molar-refractivity contribution in [2.45, 2.75) is 91.3 Å². The summed E-state index contributed by atoms with van der Waals surface area (Å²) >= 11 is 0. The van der Waals surface area contributed by atoms with E-state index in [-0.39, 0.29) is 0 Å².